The maximum Gasteiger partial charge on any atom is 0.106 e. The molecule has 5 heteroatoms. The van der Waals surface area contributed by atoms with E-state index in [2.05, 4.69) is 25.5 Å². The Balaban J connectivity index is 1.61. The average Bonchev–Trinajstić information content (AvgIpc) is 2.90. The molecule has 0 atom stereocenters. The van der Waals surface area contributed by atoms with Crippen LogP contribution in [-0.2, 0) is 13.0 Å². The van der Waals surface area contributed by atoms with Gasteiger partial charge in [-0.1, -0.05) is 0 Å². The van der Waals surface area contributed by atoms with Crippen molar-refractivity contribution in [2.45, 2.75) is 26.3 Å². The highest BCUT2D eigenvalue weighted by atomic mass is 15.1. The van der Waals surface area contributed by atoms with Gasteiger partial charge in [0.05, 0.1) is 6.20 Å². The zero-order chi connectivity index (χ0) is 11.2. The summed E-state index contributed by atoms with van der Waals surface area (Å²) in [6, 6.07) is 0. The topological polar surface area (TPSA) is 69.4 Å². The first-order valence-corrected chi connectivity index (χ1v) is 5.54. The Hall–Kier alpha value is -1.62. The van der Waals surface area contributed by atoms with Gasteiger partial charge < -0.3 is 10.3 Å². The Bertz CT molecular complexity index is 404. The molecule has 0 aliphatic rings. The minimum absolute atomic E-state index is 0.875. The number of hydrogen-bond donors (Lipinski definition) is 3. The van der Waals surface area contributed by atoms with E-state index in [1.807, 2.05) is 19.3 Å². The molecule has 0 saturated carbocycles. The number of aryl methyl sites for hydroxylation is 2. The molecule has 0 amide bonds. The van der Waals surface area contributed by atoms with Crippen LogP contribution in [0.2, 0.25) is 0 Å². The maximum absolute atomic E-state index is 4.18. The lowest BCUT2D eigenvalue weighted by Crippen LogP contribution is -2.15. The van der Waals surface area contributed by atoms with E-state index in [-0.39, 0.29) is 0 Å². The minimum atomic E-state index is 0.875. The number of imidazole rings is 1. The third-order valence-corrected chi connectivity index (χ3v) is 2.57. The smallest absolute Gasteiger partial charge is 0.106 e. The SMILES string of the molecule is Cc1[nH]ncc1CNCCCc1ncc[nH]1. The lowest BCUT2D eigenvalue weighted by Gasteiger charge is -2.02. The van der Waals surface area contributed by atoms with E-state index in [1.54, 1.807) is 6.20 Å². The first kappa shape index (κ1) is 10.9. The molecule has 0 aliphatic carbocycles. The van der Waals surface area contributed by atoms with Crippen molar-refractivity contribution in [2.24, 2.45) is 0 Å². The van der Waals surface area contributed by atoms with Crippen LogP contribution >= 0.6 is 0 Å². The predicted molar refractivity (Wildman–Crippen MR) is 61.9 cm³/mol. The summed E-state index contributed by atoms with van der Waals surface area (Å²) < 4.78 is 0. The van der Waals surface area contributed by atoms with Crippen LogP contribution in [0.1, 0.15) is 23.5 Å². The lowest BCUT2D eigenvalue weighted by molar-refractivity contribution is 0.639. The molecule has 2 rings (SSSR count). The Morgan fingerprint density at radius 1 is 1.44 bits per heavy atom. The van der Waals surface area contributed by atoms with Crippen molar-refractivity contribution in [1.29, 1.82) is 0 Å². The molecule has 0 saturated heterocycles. The molecule has 0 aliphatic heterocycles. The largest absolute Gasteiger partial charge is 0.349 e. The van der Waals surface area contributed by atoms with E-state index < -0.39 is 0 Å². The number of rotatable bonds is 6. The van der Waals surface area contributed by atoms with Crippen molar-refractivity contribution in [3.05, 3.63) is 35.7 Å². The molecule has 2 aromatic rings. The Kier molecular flexibility index (Phi) is 3.71. The van der Waals surface area contributed by atoms with Crippen LogP contribution in [0, 0.1) is 6.92 Å². The van der Waals surface area contributed by atoms with E-state index >= 15 is 0 Å². The van der Waals surface area contributed by atoms with Gasteiger partial charge in [0.1, 0.15) is 5.82 Å². The number of aromatic amines is 2. The third-order valence-electron chi connectivity index (χ3n) is 2.57. The summed E-state index contributed by atoms with van der Waals surface area (Å²) in [4.78, 5) is 7.28. The van der Waals surface area contributed by atoms with Gasteiger partial charge in [0.2, 0.25) is 0 Å². The van der Waals surface area contributed by atoms with Crippen molar-refractivity contribution in [3.8, 4) is 0 Å². The number of nitrogens with one attached hydrogen (secondary N) is 3. The molecule has 0 aromatic carbocycles. The molecular weight excluding hydrogens is 202 g/mol. The van der Waals surface area contributed by atoms with Crippen LogP contribution in [0.3, 0.4) is 0 Å². The first-order chi connectivity index (χ1) is 7.86. The van der Waals surface area contributed by atoms with Crippen LogP contribution in [0.5, 0.6) is 0 Å². The zero-order valence-electron chi connectivity index (χ0n) is 9.45. The normalized spacial score (nSPS) is 10.8. The van der Waals surface area contributed by atoms with Gasteiger partial charge in [-0.15, -0.1) is 0 Å². The van der Waals surface area contributed by atoms with Crippen LogP contribution in [0.25, 0.3) is 0 Å². The van der Waals surface area contributed by atoms with E-state index in [1.165, 1.54) is 5.56 Å². The fourth-order valence-corrected chi connectivity index (χ4v) is 1.59. The minimum Gasteiger partial charge on any atom is -0.349 e. The van der Waals surface area contributed by atoms with Gasteiger partial charge in [0, 0.05) is 36.6 Å². The first-order valence-electron chi connectivity index (χ1n) is 5.54. The number of hydrogen-bond acceptors (Lipinski definition) is 3. The van der Waals surface area contributed by atoms with Crippen molar-refractivity contribution >= 4 is 0 Å². The standard InChI is InChI=1S/C11H17N5/c1-9-10(8-15-16-9)7-12-4-2-3-11-13-5-6-14-11/h5-6,8,12H,2-4,7H2,1H3,(H,13,14)(H,15,16). The molecule has 0 bridgehead atoms. The number of aromatic nitrogens is 4. The predicted octanol–water partition coefficient (Wildman–Crippen LogP) is 1.16. The quantitative estimate of drug-likeness (QED) is 0.639. The Morgan fingerprint density at radius 3 is 3.06 bits per heavy atom. The molecule has 16 heavy (non-hydrogen) atoms. The summed E-state index contributed by atoms with van der Waals surface area (Å²) >= 11 is 0. The molecule has 0 unspecified atom stereocenters. The van der Waals surface area contributed by atoms with Gasteiger partial charge in [-0.3, -0.25) is 5.10 Å². The molecule has 3 N–H and O–H groups in total. The average molecular weight is 219 g/mol. The summed E-state index contributed by atoms with van der Waals surface area (Å²) in [5.74, 6) is 1.06. The highest BCUT2D eigenvalue weighted by molar-refractivity contribution is 5.13. The number of H-pyrrole nitrogens is 2. The summed E-state index contributed by atoms with van der Waals surface area (Å²) in [6.07, 6.45) is 7.60. The highest BCUT2D eigenvalue weighted by Gasteiger charge is 1.99. The fraction of sp³-hybridized carbons (Fsp3) is 0.455. The molecule has 2 aromatic heterocycles. The van der Waals surface area contributed by atoms with Gasteiger partial charge in [-0.05, 0) is 19.9 Å². The second-order valence-corrected chi connectivity index (χ2v) is 3.84. The van der Waals surface area contributed by atoms with E-state index in [0.717, 1.165) is 37.4 Å². The van der Waals surface area contributed by atoms with Crippen molar-refractivity contribution in [1.82, 2.24) is 25.5 Å². The van der Waals surface area contributed by atoms with Gasteiger partial charge in [0.25, 0.3) is 0 Å². The highest BCUT2D eigenvalue weighted by Crippen LogP contribution is 2.01. The maximum atomic E-state index is 4.18. The van der Waals surface area contributed by atoms with Crippen LogP contribution < -0.4 is 5.32 Å². The fourth-order valence-electron chi connectivity index (χ4n) is 1.59. The van der Waals surface area contributed by atoms with Gasteiger partial charge in [-0.2, -0.15) is 5.10 Å². The van der Waals surface area contributed by atoms with E-state index in [0.29, 0.717) is 0 Å². The van der Waals surface area contributed by atoms with Crippen LogP contribution in [-0.4, -0.2) is 26.7 Å². The molecule has 0 fully saturated rings. The monoisotopic (exact) mass is 219 g/mol. The molecule has 86 valence electrons. The Labute approximate surface area is 94.7 Å². The van der Waals surface area contributed by atoms with Crippen molar-refractivity contribution in [3.63, 3.8) is 0 Å². The third kappa shape index (κ3) is 2.93. The molecule has 5 nitrogen and oxygen atoms in total. The Morgan fingerprint density at radius 2 is 2.38 bits per heavy atom. The van der Waals surface area contributed by atoms with Gasteiger partial charge in [-0.25, -0.2) is 4.98 Å². The summed E-state index contributed by atoms with van der Waals surface area (Å²) in [6.45, 7) is 3.90. The number of nitrogens with zero attached hydrogens (tertiary/aromatic N) is 2. The second kappa shape index (κ2) is 5.46. The van der Waals surface area contributed by atoms with E-state index in [4.69, 9.17) is 0 Å². The van der Waals surface area contributed by atoms with Crippen molar-refractivity contribution < 1.29 is 0 Å². The van der Waals surface area contributed by atoms with Gasteiger partial charge in [0.15, 0.2) is 0 Å². The molecular formula is C11H17N5. The summed E-state index contributed by atoms with van der Waals surface area (Å²) in [7, 11) is 0. The molecule has 0 radical (unpaired) electrons. The van der Waals surface area contributed by atoms with Crippen molar-refractivity contribution in [2.75, 3.05) is 6.54 Å². The molecule has 2 heterocycles. The summed E-state index contributed by atoms with van der Waals surface area (Å²) in [5.41, 5.74) is 2.37. The lowest BCUT2D eigenvalue weighted by atomic mass is 10.2. The van der Waals surface area contributed by atoms with Crippen LogP contribution in [0.15, 0.2) is 18.6 Å². The summed E-state index contributed by atoms with van der Waals surface area (Å²) in [5, 5.41) is 10.3. The zero-order valence-corrected chi connectivity index (χ0v) is 9.45. The second-order valence-electron chi connectivity index (χ2n) is 3.84. The molecule has 0 spiro atoms. The van der Waals surface area contributed by atoms with Gasteiger partial charge >= 0.3 is 0 Å². The van der Waals surface area contributed by atoms with Crippen LogP contribution in [0.4, 0.5) is 0 Å². The van der Waals surface area contributed by atoms with E-state index in [9.17, 15) is 0 Å².